The molecule has 1 aromatic rings. The molecule has 1 N–H and O–H groups in total. The highest BCUT2D eigenvalue weighted by atomic mass is 32.2. The lowest BCUT2D eigenvalue weighted by atomic mass is 10.3. The summed E-state index contributed by atoms with van der Waals surface area (Å²) in [5.41, 5.74) is 0. The van der Waals surface area contributed by atoms with E-state index in [-0.39, 0.29) is 0 Å². The zero-order valence-corrected chi connectivity index (χ0v) is 9.60. The molecule has 82 valence electrons. The Balaban J connectivity index is 2.00. The number of thioether (sulfide) groups is 1. The van der Waals surface area contributed by atoms with Gasteiger partial charge in [0.05, 0.1) is 0 Å². The SMILES string of the molecule is CCNCSc1ccc2c(c1)OCCO2. The van der Waals surface area contributed by atoms with Crippen LogP contribution in [0.2, 0.25) is 0 Å². The zero-order chi connectivity index (χ0) is 10.5. The van der Waals surface area contributed by atoms with Crippen LogP contribution in [0.15, 0.2) is 23.1 Å². The Morgan fingerprint density at radius 3 is 2.87 bits per heavy atom. The molecular formula is C11H15NO2S. The maximum atomic E-state index is 5.51. The molecule has 1 aliphatic heterocycles. The fourth-order valence-electron chi connectivity index (χ4n) is 1.35. The van der Waals surface area contributed by atoms with E-state index in [2.05, 4.69) is 18.3 Å². The second-order valence-electron chi connectivity index (χ2n) is 3.20. The number of rotatable bonds is 4. The molecule has 15 heavy (non-hydrogen) atoms. The first-order valence-electron chi connectivity index (χ1n) is 5.13. The number of hydrogen-bond acceptors (Lipinski definition) is 4. The summed E-state index contributed by atoms with van der Waals surface area (Å²) in [5, 5.41) is 3.27. The van der Waals surface area contributed by atoms with E-state index in [4.69, 9.17) is 9.47 Å². The first-order chi connectivity index (χ1) is 7.40. The van der Waals surface area contributed by atoms with E-state index < -0.39 is 0 Å². The molecule has 2 rings (SSSR count). The van der Waals surface area contributed by atoms with Gasteiger partial charge in [0.2, 0.25) is 0 Å². The molecule has 0 aromatic heterocycles. The molecule has 1 heterocycles. The van der Waals surface area contributed by atoms with Gasteiger partial charge < -0.3 is 14.8 Å². The summed E-state index contributed by atoms with van der Waals surface area (Å²) in [6, 6.07) is 6.08. The molecule has 0 fully saturated rings. The standard InChI is InChI=1S/C11H15NO2S/c1-2-12-8-15-9-3-4-10-11(7-9)14-6-5-13-10/h3-4,7,12H,2,5-6,8H2,1H3. The minimum Gasteiger partial charge on any atom is -0.486 e. The lowest BCUT2D eigenvalue weighted by Crippen LogP contribution is -2.15. The average Bonchev–Trinajstić information content (AvgIpc) is 2.29. The molecule has 1 aliphatic rings. The molecular weight excluding hydrogens is 210 g/mol. The summed E-state index contributed by atoms with van der Waals surface area (Å²) in [4.78, 5) is 1.21. The van der Waals surface area contributed by atoms with Crippen LogP contribution in [0.5, 0.6) is 11.5 Å². The van der Waals surface area contributed by atoms with Crippen molar-refractivity contribution < 1.29 is 9.47 Å². The van der Waals surface area contributed by atoms with Crippen LogP contribution >= 0.6 is 11.8 Å². The number of ether oxygens (including phenoxy) is 2. The largest absolute Gasteiger partial charge is 0.486 e. The Hall–Kier alpha value is -0.870. The molecule has 0 saturated heterocycles. The van der Waals surface area contributed by atoms with E-state index in [1.165, 1.54) is 4.90 Å². The first kappa shape index (κ1) is 10.6. The van der Waals surface area contributed by atoms with Crippen LogP contribution in [0, 0.1) is 0 Å². The maximum Gasteiger partial charge on any atom is 0.162 e. The van der Waals surface area contributed by atoms with Crippen molar-refractivity contribution in [3.8, 4) is 11.5 Å². The van der Waals surface area contributed by atoms with Gasteiger partial charge in [0, 0.05) is 10.8 Å². The van der Waals surface area contributed by atoms with Crippen LogP contribution in [-0.4, -0.2) is 25.6 Å². The molecule has 0 bridgehead atoms. The molecule has 0 unspecified atom stereocenters. The van der Waals surface area contributed by atoms with Gasteiger partial charge >= 0.3 is 0 Å². The van der Waals surface area contributed by atoms with Crippen LogP contribution in [0.3, 0.4) is 0 Å². The van der Waals surface area contributed by atoms with Gasteiger partial charge in [0.25, 0.3) is 0 Å². The van der Waals surface area contributed by atoms with E-state index in [9.17, 15) is 0 Å². The third kappa shape index (κ3) is 2.79. The topological polar surface area (TPSA) is 30.5 Å². The predicted octanol–water partition coefficient (Wildman–Crippen LogP) is 2.12. The summed E-state index contributed by atoms with van der Waals surface area (Å²) in [6.07, 6.45) is 0. The highest BCUT2D eigenvalue weighted by Crippen LogP contribution is 2.33. The van der Waals surface area contributed by atoms with Gasteiger partial charge in [0.1, 0.15) is 13.2 Å². The second kappa shape index (κ2) is 5.28. The fourth-order valence-corrected chi connectivity index (χ4v) is 2.18. The Morgan fingerprint density at radius 2 is 2.07 bits per heavy atom. The normalized spacial score (nSPS) is 13.9. The van der Waals surface area contributed by atoms with Gasteiger partial charge in [-0.1, -0.05) is 6.92 Å². The Bertz CT molecular complexity index is 330. The van der Waals surface area contributed by atoms with E-state index >= 15 is 0 Å². The number of hydrogen-bond donors (Lipinski definition) is 1. The van der Waals surface area contributed by atoms with E-state index in [0.29, 0.717) is 13.2 Å². The maximum absolute atomic E-state index is 5.51. The van der Waals surface area contributed by atoms with E-state index in [1.807, 2.05) is 12.1 Å². The minimum absolute atomic E-state index is 0.647. The highest BCUT2D eigenvalue weighted by molar-refractivity contribution is 7.99. The van der Waals surface area contributed by atoms with Crippen molar-refractivity contribution in [2.24, 2.45) is 0 Å². The molecule has 1 aromatic carbocycles. The summed E-state index contributed by atoms with van der Waals surface area (Å²) in [5.74, 6) is 2.65. The van der Waals surface area contributed by atoms with Gasteiger partial charge in [-0.2, -0.15) is 0 Å². The van der Waals surface area contributed by atoms with Gasteiger partial charge in [0.15, 0.2) is 11.5 Å². The number of fused-ring (bicyclic) bond motifs is 1. The Labute approximate surface area is 94.2 Å². The third-order valence-corrected chi connectivity index (χ3v) is 3.04. The monoisotopic (exact) mass is 225 g/mol. The molecule has 0 radical (unpaired) electrons. The van der Waals surface area contributed by atoms with Crippen molar-refractivity contribution in [3.63, 3.8) is 0 Å². The Morgan fingerprint density at radius 1 is 1.27 bits per heavy atom. The van der Waals surface area contributed by atoms with Crippen LogP contribution in [0.4, 0.5) is 0 Å². The molecule has 3 nitrogen and oxygen atoms in total. The number of nitrogens with one attached hydrogen (secondary N) is 1. The van der Waals surface area contributed by atoms with Gasteiger partial charge in [-0.05, 0) is 24.7 Å². The van der Waals surface area contributed by atoms with Crippen molar-refractivity contribution in [1.29, 1.82) is 0 Å². The fraction of sp³-hybridized carbons (Fsp3) is 0.455. The average molecular weight is 225 g/mol. The summed E-state index contributed by atoms with van der Waals surface area (Å²) >= 11 is 1.77. The second-order valence-corrected chi connectivity index (χ2v) is 4.25. The third-order valence-electron chi connectivity index (χ3n) is 2.10. The van der Waals surface area contributed by atoms with Crippen LogP contribution in [0.25, 0.3) is 0 Å². The first-order valence-corrected chi connectivity index (χ1v) is 6.12. The lowest BCUT2D eigenvalue weighted by molar-refractivity contribution is 0.171. The van der Waals surface area contributed by atoms with Gasteiger partial charge in [-0.25, -0.2) is 0 Å². The van der Waals surface area contributed by atoms with Gasteiger partial charge in [-0.3, -0.25) is 0 Å². The smallest absolute Gasteiger partial charge is 0.162 e. The molecule has 0 amide bonds. The summed E-state index contributed by atoms with van der Waals surface area (Å²) < 4.78 is 11.0. The molecule has 4 heteroatoms. The van der Waals surface area contributed by atoms with E-state index in [0.717, 1.165) is 23.9 Å². The molecule has 0 saturated carbocycles. The summed E-state index contributed by atoms with van der Waals surface area (Å²) in [6.45, 7) is 4.40. The van der Waals surface area contributed by atoms with Crippen molar-refractivity contribution in [2.45, 2.75) is 11.8 Å². The molecule has 0 spiro atoms. The lowest BCUT2D eigenvalue weighted by Gasteiger charge is -2.18. The van der Waals surface area contributed by atoms with Crippen molar-refractivity contribution >= 4 is 11.8 Å². The highest BCUT2D eigenvalue weighted by Gasteiger charge is 2.11. The zero-order valence-electron chi connectivity index (χ0n) is 8.79. The van der Waals surface area contributed by atoms with E-state index in [1.54, 1.807) is 11.8 Å². The number of benzene rings is 1. The summed E-state index contributed by atoms with van der Waals surface area (Å²) in [7, 11) is 0. The van der Waals surface area contributed by atoms with Crippen LogP contribution in [0.1, 0.15) is 6.92 Å². The van der Waals surface area contributed by atoms with Gasteiger partial charge in [-0.15, -0.1) is 11.8 Å². The Kier molecular flexibility index (Phi) is 3.75. The predicted molar refractivity (Wildman–Crippen MR) is 61.8 cm³/mol. The van der Waals surface area contributed by atoms with Crippen LogP contribution < -0.4 is 14.8 Å². The minimum atomic E-state index is 0.647. The molecule has 0 aliphatic carbocycles. The van der Waals surface area contributed by atoms with Crippen molar-refractivity contribution in [2.75, 3.05) is 25.6 Å². The van der Waals surface area contributed by atoms with Crippen LogP contribution in [-0.2, 0) is 0 Å². The van der Waals surface area contributed by atoms with Crippen molar-refractivity contribution in [3.05, 3.63) is 18.2 Å². The van der Waals surface area contributed by atoms with Crippen molar-refractivity contribution in [1.82, 2.24) is 5.32 Å². The molecule has 0 atom stereocenters. The quantitative estimate of drug-likeness (QED) is 0.483.